The van der Waals surface area contributed by atoms with Crippen molar-refractivity contribution in [3.8, 4) is 0 Å². The average molecular weight is 233 g/mol. The second-order valence-corrected chi connectivity index (χ2v) is 4.17. The topological polar surface area (TPSA) is 60.8 Å². The Bertz CT molecular complexity index is 467. The number of aliphatic hydroxyl groups excluding tert-OH is 1. The Hall–Kier alpha value is -1.81. The summed E-state index contributed by atoms with van der Waals surface area (Å²) >= 11 is 0. The molecule has 2 N–H and O–H groups in total. The first-order valence-electron chi connectivity index (χ1n) is 5.50. The molecule has 0 aliphatic carbocycles. The van der Waals surface area contributed by atoms with Gasteiger partial charge in [-0.1, -0.05) is 30.3 Å². The molecule has 4 heteroatoms. The van der Waals surface area contributed by atoms with Gasteiger partial charge in [0.25, 0.3) is 0 Å². The minimum Gasteiger partial charge on any atom is -0.465 e. The van der Waals surface area contributed by atoms with E-state index in [2.05, 4.69) is 0 Å². The van der Waals surface area contributed by atoms with Gasteiger partial charge in [-0.15, -0.1) is 0 Å². The van der Waals surface area contributed by atoms with Gasteiger partial charge in [0.1, 0.15) is 0 Å². The van der Waals surface area contributed by atoms with Crippen LogP contribution in [0.2, 0.25) is 0 Å². The number of carboxylic acid groups (broad SMARTS) is 1. The molecule has 2 rings (SSSR count). The molecule has 1 heterocycles. The van der Waals surface area contributed by atoms with Crippen LogP contribution in [0.3, 0.4) is 0 Å². The van der Waals surface area contributed by atoms with E-state index in [1.807, 2.05) is 37.3 Å². The van der Waals surface area contributed by atoms with Crippen LogP contribution in [0.1, 0.15) is 11.1 Å². The zero-order valence-corrected chi connectivity index (χ0v) is 9.63. The van der Waals surface area contributed by atoms with Crippen LogP contribution in [0.5, 0.6) is 0 Å². The first-order valence-corrected chi connectivity index (χ1v) is 5.50. The predicted molar refractivity (Wildman–Crippen MR) is 64.8 cm³/mol. The maximum Gasteiger partial charge on any atom is 0.408 e. The zero-order chi connectivity index (χ0) is 12.4. The van der Waals surface area contributed by atoms with Crippen LogP contribution >= 0.6 is 0 Å². The van der Waals surface area contributed by atoms with Crippen molar-refractivity contribution in [1.29, 1.82) is 0 Å². The minimum atomic E-state index is -0.996. The Labute approximate surface area is 99.8 Å². The summed E-state index contributed by atoms with van der Waals surface area (Å²) in [6, 6.07) is 7.42. The lowest BCUT2D eigenvalue weighted by Gasteiger charge is -2.19. The Morgan fingerprint density at radius 3 is 2.71 bits per heavy atom. The third kappa shape index (κ3) is 2.17. The van der Waals surface area contributed by atoms with E-state index in [4.69, 9.17) is 10.2 Å². The maximum absolute atomic E-state index is 11.0. The van der Waals surface area contributed by atoms with Crippen molar-refractivity contribution in [3.05, 3.63) is 41.5 Å². The van der Waals surface area contributed by atoms with Crippen molar-refractivity contribution in [2.24, 2.45) is 0 Å². The van der Waals surface area contributed by atoms with Crippen LogP contribution in [0.4, 0.5) is 4.79 Å². The number of hydrogen-bond donors (Lipinski definition) is 2. The highest BCUT2D eigenvalue weighted by Gasteiger charge is 2.28. The molecule has 0 radical (unpaired) electrons. The van der Waals surface area contributed by atoms with E-state index in [0.717, 1.165) is 16.7 Å². The molecule has 1 aromatic carbocycles. The van der Waals surface area contributed by atoms with Crippen LogP contribution in [0.25, 0.3) is 5.57 Å². The van der Waals surface area contributed by atoms with Gasteiger partial charge in [-0.25, -0.2) is 4.79 Å². The monoisotopic (exact) mass is 233 g/mol. The van der Waals surface area contributed by atoms with Gasteiger partial charge in [-0.3, -0.25) is 4.90 Å². The fourth-order valence-corrected chi connectivity index (χ4v) is 2.14. The highest BCUT2D eigenvalue weighted by Crippen LogP contribution is 2.27. The third-order valence-corrected chi connectivity index (χ3v) is 3.06. The molecule has 17 heavy (non-hydrogen) atoms. The summed E-state index contributed by atoms with van der Waals surface area (Å²) in [6.45, 7) is 2.15. The summed E-state index contributed by atoms with van der Waals surface area (Å²) < 4.78 is 0. The normalized spacial score (nSPS) is 19.3. The smallest absolute Gasteiger partial charge is 0.408 e. The lowest BCUT2D eigenvalue weighted by molar-refractivity contribution is 0.125. The first-order chi connectivity index (χ1) is 8.13. The molecule has 0 spiro atoms. The fraction of sp³-hybridized carbons (Fsp3) is 0.308. The molecule has 1 aromatic rings. The summed E-state index contributed by atoms with van der Waals surface area (Å²) in [5, 5.41) is 18.2. The van der Waals surface area contributed by atoms with Gasteiger partial charge >= 0.3 is 6.09 Å². The summed E-state index contributed by atoms with van der Waals surface area (Å²) in [5.74, 6) is 0. The second-order valence-electron chi connectivity index (χ2n) is 4.17. The van der Waals surface area contributed by atoms with E-state index in [-0.39, 0.29) is 6.61 Å². The first kappa shape index (κ1) is 11.7. The van der Waals surface area contributed by atoms with E-state index in [0.29, 0.717) is 6.54 Å². The van der Waals surface area contributed by atoms with Crippen LogP contribution in [-0.2, 0) is 0 Å². The minimum absolute atomic E-state index is 0.179. The van der Waals surface area contributed by atoms with Crippen LogP contribution in [0.15, 0.2) is 30.3 Å². The van der Waals surface area contributed by atoms with Gasteiger partial charge in [0, 0.05) is 0 Å². The highest BCUT2D eigenvalue weighted by molar-refractivity contribution is 5.78. The molecule has 0 saturated heterocycles. The van der Waals surface area contributed by atoms with Crippen LogP contribution < -0.4 is 0 Å². The lowest BCUT2D eigenvalue weighted by atomic mass is 10.0. The lowest BCUT2D eigenvalue weighted by Crippen LogP contribution is -2.37. The summed E-state index contributed by atoms with van der Waals surface area (Å²) in [6.07, 6.45) is 0.833. The molecule has 1 amide bonds. The summed E-state index contributed by atoms with van der Waals surface area (Å²) in [5.41, 5.74) is 3.13. The van der Waals surface area contributed by atoms with Crippen LogP contribution in [-0.4, -0.2) is 40.4 Å². The van der Waals surface area contributed by atoms with E-state index in [1.54, 1.807) is 0 Å². The largest absolute Gasteiger partial charge is 0.465 e. The molecule has 0 saturated carbocycles. The van der Waals surface area contributed by atoms with Gasteiger partial charge in [-0.05, 0) is 23.6 Å². The quantitative estimate of drug-likeness (QED) is 0.817. The average Bonchev–Trinajstić information content (AvgIpc) is 2.73. The number of rotatable bonds is 2. The van der Waals surface area contributed by atoms with Crippen molar-refractivity contribution < 1.29 is 15.0 Å². The van der Waals surface area contributed by atoms with Gasteiger partial charge in [-0.2, -0.15) is 0 Å². The Balaban J connectivity index is 2.30. The fourth-order valence-electron chi connectivity index (χ4n) is 2.14. The summed E-state index contributed by atoms with van der Waals surface area (Å²) in [7, 11) is 0. The van der Waals surface area contributed by atoms with E-state index in [1.165, 1.54) is 4.90 Å². The van der Waals surface area contributed by atoms with Crippen molar-refractivity contribution in [2.75, 3.05) is 13.2 Å². The number of aryl methyl sites for hydroxylation is 1. The van der Waals surface area contributed by atoms with Crippen LogP contribution in [0, 0.1) is 6.92 Å². The predicted octanol–water partition coefficient (Wildman–Crippen LogP) is 1.73. The Kier molecular flexibility index (Phi) is 3.15. The molecule has 0 fully saturated rings. The molecule has 1 aliphatic rings. The standard InChI is InChI=1S/C13H15NO3/c1-9-4-2-3-5-12(9)10-6-11(8-15)14(7-10)13(16)17/h2-6,11,15H,7-8H2,1H3,(H,16,17). The third-order valence-electron chi connectivity index (χ3n) is 3.06. The molecule has 1 aliphatic heterocycles. The van der Waals surface area contributed by atoms with Gasteiger partial charge in [0.2, 0.25) is 0 Å². The van der Waals surface area contributed by atoms with E-state index < -0.39 is 12.1 Å². The number of benzene rings is 1. The van der Waals surface area contributed by atoms with Crippen molar-refractivity contribution in [3.63, 3.8) is 0 Å². The molecule has 90 valence electrons. The summed E-state index contributed by atoms with van der Waals surface area (Å²) in [4.78, 5) is 12.3. The Morgan fingerprint density at radius 1 is 1.47 bits per heavy atom. The number of aliphatic hydroxyl groups is 1. The number of amides is 1. The zero-order valence-electron chi connectivity index (χ0n) is 9.63. The van der Waals surface area contributed by atoms with Crippen molar-refractivity contribution >= 4 is 11.7 Å². The van der Waals surface area contributed by atoms with Crippen molar-refractivity contribution in [2.45, 2.75) is 13.0 Å². The SMILES string of the molecule is Cc1ccccc1C1=CC(CO)N(C(=O)O)C1. The molecule has 1 atom stereocenters. The van der Waals surface area contributed by atoms with Gasteiger partial charge in [0.15, 0.2) is 0 Å². The van der Waals surface area contributed by atoms with Crippen molar-refractivity contribution in [1.82, 2.24) is 4.90 Å². The molecule has 4 nitrogen and oxygen atoms in total. The van der Waals surface area contributed by atoms with E-state index in [9.17, 15) is 4.79 Å². The molecule has 0 aromatic heterocycles. The number of nitrogens with zero attached hydrogens (tertiary/aromatic N) is 1. The molecular weight excluding hydrogens is 218 g/mol. The number of hydrogen-bond acceptors (Lipinski definition) is 2. The molecular formula is C13H15NO3. The van der Waals surface area contributed by atoms with E-state index >= 15 is 0 Å². The number of carbonyl (C=O) groups is 1. The maximum atomic E-state index is 11.0. The molecule has 0 bridgehead atoms. The van der Waals surface area contributed by atoms with Gasteiger partial charge in [0.05, 0.1) is 19.2 Å². The Morgan fingerprint density at radius 2 is 2.18 bits per heavy atom. The second kappa shape index (κ2) is 4.59. The highest BCUT2D eigenvalue weighted by atomic mass is 16.4. The molecule has 1 unspecified atom stereocenters. The van der Waals surface area contributed by atoms with Gasteiger partial charge < -0.3 is 10.2 Å².